The molecule has 1 aromatic carbocycles. The Hall–Kier alpha value is -2.45. The number of likely N-dealkylation sites (tertiary alicyclic amines) is 1. The topological polar surface area (TPSA) is 93.9 Å². The molecule has 0 aromatic heterocycles. The minimum Gasteiger partial charge on any atom is -0.467 e. The summed E-state index contributed by atoms with van der Waals surface area (Å²) in [6.45, 7) is 6.63. The lowest BCUT2D eigenvalue weighted by Gasteiger charge is -2.34. The first-order valence-electron chi connectivity index (χ1n) is 9.18. The molecule has 0 spiro atoms. The molecule has 0 bridgehead atoms. The maximum absolute atomic E-state index is 12.3. The van der Waals surface area contributed by atoms with Crippen molar-refractivity contribution in [2.45, 2.75) is 45.4 Å². The zero-order valence-electron chi connectivity index (χ0n) is 15.6. The molecule has 1 amide bonds. The average molecular weight is 375 g/mol. The number of ether oxygens (including phenoxy) is 2. The lowest BCUT2D eigenvalue weighted by atomic mass is 10.0. The van der Waals surface area contributed by atoms with Gasteiger partial charge in [0.05, 0.1) is 11.5 Å². The summed E-state index contributed by atoms with van der Waals surface area (Å²) in [5.74, 6) is 0.325. The molecule has 0 unspecified atom stereocenters. The van der Waals surface area contributed by atoms with Gasteiger partial charge < -0.3 is 19.7 Å². The van der Waals surface area contributed by atoms with Gasteiger partial charge in [0.15, 0.2) is 6.79 Å². The van der Waals surface area contributed by atoms with E-state index in [4.69, 9.17) is 9.47 Å². The van der Waals surface area contributed by atoms with Crippen LogP contribution >= 0.6 is 0 Å². The third-order valence-electron chi connectivity index (χ3n) is 4.95. The van der Waals surface area contributed by atoms with E-state index in [2.05, 4.69) is 24.1 Å². The summed E-state index contributed by atoms with van der Waals surface area (Å²) in [6, 6.07) is 3.52. The van der Waals surface area contributed by atoms with E-state index in [0.717, 1.165) is 25.9 Å². The van der Waals surface area contributed by atoms with Gasteiger partial charge in [-0.2, -0.15) is 0 Å². The average Bonchev–Trinajstić information content (AvgIpc) is 2.66. The second kappa shape index (κ2) is 8.49. The number of hydrogen-bond acceptors (Lipinski definition) is 6. The second-order valence-electron chi connectivity index (χ2n) is 7.14. The number of carbonyl (C=O) groups excluding carboxylic acids is 1. The number of nitro groups is 1. The molecule has 8 heteroatoms. The summed E-state index contributed by atoms with van der Waals surface area (Å²) in [5.41, 5.74) is 1.06. The summed E-state index contributed by atoms with van der Waals surface area (Å²) in [6.07, 6.45) is 4.82. The Kier molecular flexibility index (Phi) is 6.08. The molecule has 27 heavy (non-hydrogen) atoms. The molecule has 1 saturated heterocycles. The normalized spacial score (nSPS) is 18.3. The van der Waals surface area contributed by atoms with Crippen LogP contribution in [0.15, 0.2) is 18.2 Å². The highest BCUT2D eigenvalue weighted by atomic mass is 16.7. The lowest BCUT2D eigenvalue weighted by molar-refractivity contribution is -0.385. The summed E-state index contributed by atoms with van der Waals surface area (Å²) in [4.78, 5) is 25.3. The van der Waals surface area contributed by atoms with Gasteiger partial charge >= 0.3 is 0 Å². The number of benzene rings is 1. The van der Waals surface area contributed by atoms with Crippen LogP contribution in [0, 0.1) is 10.1 Å². The molecule has 1 N–H and O–H groups in total. The Morgan fingerprint density at radius 2 is 2.11 bits per heavy atom. The zero-order valence-corrected chi connectivity index (χ0v) is 15.6. The fourth-order valence-corrected chi connectivity index (χ4v) is 3.44. The van der Waals surface area contributed by atoms with Crippen LogP contribution in [0.4, 0.5) is 5.69 Å². The Morgan fingerprint density at radius 3 is 2.78 bits per heavy atom. The summed E-state index contributed by atoms with van der Waals surface area (Å²) in [5, 5.41) is 14.1. The Labute approximate surface area is 158 Å². The van der Waals surface area contributed by atoms with Crippen LogP contribution in [-0.4, -0.2) is 47.7 Å². The van der Waals surface area contributed by atoms with Crippen LogP contribution < -0.4 is 10.1 Å². The van der Waals surface area contributed by atoms with Gasteiger partial charge in [0.2, 0.25) is 5.91 Å². The monoisotopic (exact) mass is 375 g/mol. The largest absolute Gasteiger partial charge is 0.467 e. The molecule has 1 fully saturated rings. The SMILES string of the molecule is CC(C)N1CCC(NC(=O)/C=C/c2cc([N+](=O)[O-])cc3c2OCOC3)CC1. The van der Waals surface area contributed by atoms with Gasteiger partial charge in [-0.3, -0.25) is 14.9 Å². The molecule has 2 aliphatic heterocycles. The molecule has 0 radical (unpaired) electrons. The highest BCUT2D eigenvalue weighted by Gasteiger charge is 2.22. The van der Waals surface area contributed by atoms with Gasteiger partial charge in [-0.25, -0.2) is 0 Å². The van der Waals surface area contributed by atoms with E-state index in [1.165, 1.54) is 18.2 Å². The van der Waals surface area contributed by atoms with Crippen molar-refractivity contribution in [1.82, 2.24) is 10.2 Å². The maximum Gasteiger partial charge on any atom is 0.270 e. The van der Waals surface area contributed by atoms with E-state index in [1.807, 2.05) is 0 Å². The molecule has 2 heterocycles. The van der Waals surface area contributed by atoms with E-state index >= 15 is 0 Å². The van der Waals surface area contributed by atoms with Crippen LogP contribution in [-0.2, 0) is 16.1 Å². The molecule has 8 nitrogen and oxygen atoms in total. The molecule has 0 aliphatic carbocycles. The second-order valence-corrected chi connectivity index (χ2v) is 7.14. The number of nitrogens with one attached hydrogen (secondary N) is 1. The number of nitrogens with zero attached hydrogens (tertiary/aromatic N) is 2. The van der Waals surface area contributed by atoms with Gasteiger partial charge in [-0.15, -0.1) is 0 Å². The number of amides is 1. The van der Waals surface area contributed by atoms with Gasteiger partial charge in [0, 0.05) is 54.5 Å². The summed E-state index contributed by atoms with van der Waals surface area (Å²) < 4.78 is 10.7. The Bertz CT molecular complexity index is 739. The molecule has 146 valence electrons. The predicted molar refractivity (Wildman–Crippen MR) is 100 cm³/mol. The minimum absolute atomic E-state index is 0.0519. The third-order valence-corrected chi connectivity index (χ3v) is 4.95. The smallest absolute Gasteiger partial charge is 0.270 e. The highest BCUT2D eigenvalue weighted by molar-refractivity contribution is 5.92. The van der Waals surface area contributed by atoms with Crippen LogP contribution in [0.2, 0.25) is 0 Å². The zero-order chi connectivity index (χ0) is 19.4. The van der Waals surface area contributed by atoms with Crippen molar-refractivity contribution in [3.63, 3.8) is 0 Å². The molecule has 2 aliphatic rings. The highest BCUT2D eigenvalue weighted by Crippen LogP contribution is 2.33. The summed E-state index contributed by atoms with van der Waals surface area (Å²) >= 11 is 0. The van der Waals surface area contributed by atoms with Gasteiger partial charge in [0.1, 0.15) is 5.75 Å². The van der Waals surface area contributed by atoms with Crippen molar-refractivity contribution in [1.29, 1.82) is 0 Å². The third kappa shape index (κ3) is 4.84. The van der Waals surface area contributed by atoms with E-state index in [1.54, 1.807) is 6.08 Å². The lowest BCUT2D eigenvalue weighted by Crippen LogP contribution is -2.46. The van der Waals surface area contributed by atoms with Crippen LogP contribution in [0.5, 0.6) is 5.75 Å². The Morgan fingerprint density at radius 1 is 1.37 bits per heavy atom. The molecule has 0 saturated carbocycles. The van der Waals surface area contributed by atoms with Crippen molar-refractivity contribution in [3.8, 4) is 5.75 Å². The Balaban J connectivity index is 1.66. The van der Waals surface area contributed by atoms with E-state index in [9.17, 15) is 14.9 Å². The molecule has 0 atom stereocenters. The first-order chi connectivity index (χ1) is 12.9. The summed E-state index contributed by atoms with van der Waals surface area (Å²) in [7, 11) is 0. The number of fused-ring (bicyclic) bond motifs is 1. The van der Waals surface area contributed by atoms with Crippen molar-refractivity contribution >= 4 is 17.7 Å². The van der Waals surface area contributed by atoms with Gasteiger partial charge in [-0.05, 0) is 32.8 Å². The van der Waals surface area contributed by atoms with E-state index in [0.29, 0.717) is 22.9 Å². The fraction of sp³-hybridized carbons (Fsp3) is 0.526. The van der Waals surface area contributed by atoms with E-state index < -0.39 is 4.92 Å². The maximum atomic E-state index is 12.3. The first-order valence-corrected chi connectivity index (χ1v) is 9.18. The molecular weight excluding hydrogens is 350 g/mol. The molecular formula is C19H25N3O5. The quantitative estimate of drug-likeness (QED) is 0.483. The molecule has 3 rings (SSSR count). The van der Waals surface area contributed by atoms with Crippen LogP contribution in [0.1, 0.15) is 37.8 Å². The predicted octanol–water partition coefficient (Wildman–Crippen LogP) is 2.46. The van der Waals surface area contributed by atoms with E-state index in [-0.39, 0.29) is 31.0 Å². The molecule has 1 aromatic rings. The van der Waals surface area contributed by atoms with Gasteiger partial charge in [0.25, 0.3) is 5.69 Å². The standard InChI is InChI=1S/C19H25N3O5/c1-13(2)21-7-5-16(6-8-21)20-18(23)4-3-14-9-17(22(24)25)10-15-11-26-12-27-19(14)15/h3-4,9-10,13,16H,5-8,11-12H2,1-2H3,(H,20,23)/b4-3+. The number of rotatable bonds is 5. The number of nitro benzene ring substituents is 1. The van der Waals surface area contributed by atoms with Crippen molar-refractivity contribution in [2.24, 2.45) is 0 Å². The number of hydrogen-bond donors (Lipinski definition) is 1. The van der Waals surface area contributed by atoms with Crippen LogP contribution in [0.25, 0.3) is 6.08 Å². The van der Waals surface area contributed by atoms with Gasteiger partial charge in [-0.1, -0.05) is 0 Å². The minimum atomic E-state index is -0.463. The van der Waals surface area contributed by atoms with Crippen LogP contribution in [0.3, 0.4) is 0 Å². The first kappa shape index (κ1) is 19.3. The number of non-ortho nitro benzene ring substituents is 1. The van der Waals surface area contributed by atoms with Crippen molar-refractivity contribution in [2.75, 3.05) is 19.9 Å². The van der Waals surface area contributed by atoms with Crippen molar-refractivity contribution < 1.29 is 19.2 Å². The number of carbonyl (C=O) groups is 1. The van der Waals surface area contributed by atoms with Crippen molar-refractivity contribution in [3.05, 3.63) is 39.4 Å². The number of piperidine rings is 1. The fourth-order valence-electron chi connectivity index (χ4n) is 3.44.